The zero-order valence-electron chi connectivity index (χ0n) is 7.32. The van der Waals surface area contributed by atoms with E-state index in [4.69, 9.17) is 0 Å². The van der Waals surface area contributed by atoms with E-state index in [0.29, 0.717) is 0 Å². The van der Waals surface area contributed by atoms with Gasteiger partial charge in [-0.25, -0.2) is 0 Å². The maximum Gasteiger partial charge on any atom is 0.199 e. The fourth-order valence-electron chi connectivity index (χ4n) is 0.679. The first-order valence-electron chi connectivity index (χ1n) is 3.78. The fourth-order valence-corrected chi connectivity index (χ4v) is 2.32. The minimum atomic E-state index is -0.360. The standard InChI is InChI=1S/C7H13NO2S3/c1-8-2-3-13-5(7(10)12)4-6(9)11/h5,8H,2-4H2,1H3,(H,9,11)(H,10,12). The molecule has 0 spiro atoms. The number of thioether (sulfide) groups is 1. The van der Waals surface area contributed by atoms with Crippen molar-refractivity contribution in [3.05, 3.63) is 0 Å². The SMILES string of the molecule is CNCCSC(CC(=O)S)C(=O)S. The zero-order chi connectivity index (χ0) is 10.3. The lowest BCUT2D eigenvalue weighted by molar-refractivity contribution is -0.115. The monoisotopic (exact) mass is 239 g/mol. The number of hydrogen-bond donors (Lipinski definition) is 3. The average molecular weight is 239 g/mol. The topological polar surface area (TPSA) is 46.2 Å². The normalized spacial score (nSPS) is 12.5. The number of thiol groups is 2. The lowest BCUT2D eigenvalue weighted by Crippen LogP contribution is -2.18. The maximum absolute atomic E-state index is 10.9. The Balaban J connectivity index is 3.81. The molecule has 6 heteroatoms. The molecule has 0 aromatic rings. The molecule has 0 heterocycles. The van der Waals surface area contributed by atoms with Crippen LogP contribution in [-0.4, -0.2) is 34.8 Å². The molecule has 3 nitrogen and oxygen atoms in total. The zero-order valence-corrected chi connectivity index (χ0v) is 9.92. The van der Waals surface area contributed by atoms with Gasteiger partial charge in [0.05, 0.1) is 5.25 Å². The first-order chi connectivity index (χ1) is 6.07. The van der Waals surface area contributed by atoms with Crippen molar-refractivity contribution in [3.63, 3.8) is 0 Å². The van der Waals surface area contributed by atoms with Crippen molar-refractivity contribution in [1.82, 2.24) is 5.32 Å². The van der Waals surface area contributed by atoms with E-state index < -0.39 is 0 Å². The molecule has 0 aliphatic carbocycles. The Morgan fingerprint density at radius 3 is 2.46 bits per heavy atom. The molecule has 0 bridgehead atoms. The highest BCUT2D eigenvalue weighted by Crippen LogP contribution is 2.17. The van der Waals surface area contributed by atoms with Gasteiger partial charge in [0.1, 0.15) is 0 Å². The predicted molar refractivity (Wildman–Crippen MR) is 62.8 cm³/mol. The van der Waals surface area contributed by atoms with Gasteiger partial charge in [-0.1, -0.05) is 0 Å². The van der Waals surface area contributed by atoms with Gasteiger partial charge < -0.3 is 5.32 Å². The molecule has 0 radical (unpaired) electrons. The summed E-state index contributed by atoms with van der Waals surface area (Å²) < 4.78 is 0. The van der Waals surface area contributed by atoms with E-state index in [9.17, 15) is 9.59 Å². The lowest BCUT2D eigenvalue weighted by Gasteiger charge is -2.09. The Bertz CT molecular complexity index is 187. The fraction of sp³-hybridized carbons (Fsp3) is 0.714. The molecular formula is C7H13NO2S3. The van der Waals surface area contributed by atoms with Crippen LogP contribution >= 0.6 is 37.0 Å². The summed E-state index contributed by atoms with van der Waals surface area (Å²) in [4.78, 5) is 21.6. The second-order valence-corrected chi connectivity index (χ2v) is 4.65. The molecule has 0 aliphatic rings. The van der Waals surface area contributed by atoms with Crippen LogP contribution in [0.15, 0.2) is 0 Å². The summed E-state index contributed by atoms with van der Waals surface area (Å²) in [5, 5.41) is 2.06. The second-order valence-electron chi connectivity index (χ2n) is 2.40. The van der Waals surface area contributed by atoms with E-state index in [0.717, 1.165) is 12.3 Å². The molecule has 1 N–H and O–H groups in total. The molecule has 0 saturated heterocycles. The third kappa shape index (κ3) is 7.42. The van der Waals surface area contributed by atoms with Crippen molar-refractivity contribution < 1.29 is 9.59 Å². The van der Waals surface area contributed by atoms with Crippen LogP contribution < -0.4 is 5.32 Å². The number of hydrogen-bond acceptors (Lipinski definition) is 4. The highest BCUT2D eigenvalue weighted by molar-refractivity contribution is 8.05. The van der Waals surface area contributed by atoms with Crippen LogP contribution in [-0.2, 0) is 9.59 Å². The summed E-state index contributed by atoms with van der Waals surface area (Å²) >= 11 is 8.75. The molecule has 0 aromatic carbocycles. The number of carbonyl (C=O) groups is 2. The first-order valence-corrected chi connectivity index (χ1v) is 5.73. The van der Waals surface area contributed by atoms with Gasteiger partial charge in [-0.15, -0.1) is 37.0 Å². The quantitative estimate of drug-likeness (QED) is 0.450. The maximum atomic E-state index is 10.9. The molecular weight excluding hydrogens is 226 g/mol. The molecule has 1 atom stereocenters. The molecule has 0 saturated carbocycles. The van der Waals surface area contributed by atoms with Crippen LogP contribution in [0.2, 0.25) is 0 Å². The summed E-state index contributed by atoms with van der Waals surface area (Å²) in [5.41, 5.74) is 0. The highest BCUT2D eigenvalue weighted by Gasteiger charge is 2.17. The Morgan fingerprint density at radius 1 is 1.46 bits per heavy atom. The third-order valence-electron chi connectivity index (χ3n) is 1.31. The van der Waals surface area contributed by atoms with Gasteiger partial charge in [0.2, 0.25) is 0 Å². The van der Waals surface area contributed by atoms with Crippen LogP contribution in [0.4, 0.5) is 0 Å². The summed E-state index contributed by atoms with van der Waals surface area (Å²) in [6.45, 7) is 0.809. The molecule has 0 aliphatic heterocycles. The number of rotatable bonds is 7. The van der Waals surface area contributed by atoms with Gasteiger partial charge >= 0.3 is 0 Å². The summed E-state index contributed by atoms with van der Waals surface area (Å²) in [6.07, 6.45) is 0.153. The average Bonchev–Trinajstić information content (AvgIpc) is 2.02. The Kier molecular flexibility index (Phi) is 7.93. The third-order valence-corrected chi connectivity index (χ3v) is 3.20. The van der Waals surface area contributed by atoms with E-state index in [1.54, 1.807) is 0 Å². The van der Waals surface area contributed by atoms with Gasteiger partial charge in [0, 0.05) is 18.7 Å². The molecule has 76 valence electrons. The van der Waals surface area contributed by atoms with Crippen molar-refractivity contribution in [1.29, 1.82) is 0 Å². The molecule has 0 fully saturated rings. The minimum absolute atomic E-state index is 0.153. The van der Waals surface area contributed by atoms with E-state index in [2.05, 4.69) is 30.6 Å². The van der Waals surface area contributed by atoms with E-state index >= 15 is 0 Å². The van der Waals surface area contributed by atoms with Crippen molar-refractivity contribution in [2.24, 2.45) is 0 Å². The predicted octanol–water partition coefficient (Wildman–Crippen LogP) is 0.610. The number of carbonyl (C=O) groups excluding carboxylic acids is 2. The summed E-state index contributed by atoms with van der Waals surface area (Å²) in [7, 11) is 1.84. The first kappa shape index (κ1) is 13.4. The lowest BCUT2D eigenvalue weighted by atomic mass is 10.3. The van der Waals surface area contributed by atoms with Crippen LogP contribution in [0.25, 0.3) is 0 Å². The number of nitrogens with one attached hydrogen (secondary N) is 1. The van der Waals surface area contributed by atoms with E-state index in [1.165, 1.54) is 11.8 Å². The van der Waals surface area contributed by atoms with Crippen LogP contribution in [0.3, 0.4) is 0 Å². The summed E-state index contributed by atoms with van der Waals surface area (Å²) in [5.74, 6) is 0.786. The van der Waals surface area contributed by atoms with Crippen LogP contribution in [0.1, 0.15) is 6.42 Å². The largest absolute Gasteiger partial charge is 0.319 e. The molecule has 13 heavy (non-hydrogen) atoms. The van der Waals surface area contributed by atoms with Crippen molar-refractivity contribution in [2.75, 3.05) is 19.3 Å². The van der Waals surface area contributed by atoms with Crippen molar-refractivity contribution >= 4 is 47.3 Å². The van der Waals surface area contributed by atoms with E-state index in [-0.39, 0.29) is 21.9 Å². The minimum Gasteiger partial charge on any atom is -0.319 e. The Morgan fingerprint density at radius 2 is 2.08 bits per heavy atom. The highest BCUT2D eigenvalue weighted by atomic mass is 32.2. The van der Waals surface area contributed by atoms with Crippen molar-refractivity contribution in [3.8, 4) is 0 Å². The summed E-state index contributed by atoms with van der Waals surface area (Å²) in [6, 6.07) is 0. The van der Waals surface area contributed by atoms with Crippen LogP contribution in [0.5, 0.6) is 0 Å². The molecule has 0 aromatic heterocycles. The van der Waals surface area contributed by atoms with Gasteiger partial charge in [-0.2, -0.15) is 0 Å². The van der Waals surface area contributed by atoms with Gasteiger partial charge in [-0.3, -0.25) is 9.59 Å². The van der Waals surface area contributed by atoms with E-state index in [1.807, 2.05) is 7.05 Å². The van der Waals surface area contributed by atoms with Crippen molar-refractivity contribution in [2.45, 2.75) is 11.7 Å². The Labute approximate surface area is 93.2 Å². The smallest absolute Gasteiger partial charge is 0.199 e. The molecule has 0 rings (SSSR count). The van der Waals surface area contributed by atoms with Crippen LogP contribution in [0, 0.1) is 0 Å². The molecule has 0 amide bonds. The van der Waals surface area contributed by atoms with Gasteiger partial charge in [0.25, 0.3) is 0 Å². The van der Waals surface area contributed by atoms with Gasteiger partial charge in [-0.05, 0) is 7.05 Å². The molecule has 1 unspecified atom stereocenters. The second kappa shape index (κ2) is 7.73. The Hall–Kier alpha value is 0.350. The van der Waals surface area contributed by atoms with Gasteiger partial charge in [0.15, 0.2) is 10.2 Å².